The SMILES string of the molecule is [c]1ccn(OCc2cccs2)n1. The Morgan fingerprint density at radius 3 is 3.33 bits per heavy atom. The second-order valence-corrected chi connectivity index (χ2v) is 3.23. The number of nitrogens with zero attached hydrogens (tertiary/aromatic N) is 2. The molecule has 0 unspecified atom stereocenters. The summed E-state index contributed by atoms with van der Waals surface area (Å²) in [7, 11) is 0. The summed E-state index contributed by atoms with van der Waals surface area (Å²) in [4.78, 5) is 7.86. The van der Waals surface area contributed by atoms with Gasteiger partial charge in [0.1, 0.15) is 6.20 Å². The lowest BCUT2D eigenvalue weighted by Gasteiger charge is -2.01. The summed E-state index contributed by atoms with van der Waals surface area (Å²) in [6.45, 7) is 0.563. The van der Waals surface area contributed by atoms with Crippen molar-refractivity contribution >= 4 is 11.3 Å². The maximum Gasteiger partial charge on any atom is 0.151 e. The fourth-order valence-corrected chi connectivity index (χ4v) is 1.43. The summed E-state index contributed by atoms with van der Waals surface area (Å²) in [5.74, 6) is 0. The summed E-state index contributed by atoms with van der Waals surface area (Å²) >= 11 is 1.67. The van der Waals surface area contributed by atoms with Crippen molar-refractivity contribution in [1.29, 1.82) is 0 Å². The molecular weight excluding hydrogens is 172 g/mol. The number of aromatic nitrogens is 2. The molecule has 0 aliphatic rings. The molecule has 12 heavy (non-hydrogen) atoms. The zero-order chi connectivity index (χ0) is 8.23. The van der Waals surface area contributed by atoms with Crippen LogP contribution in [0.15, 0.2) is 29.8 Å². The Balaban J connectivity index is 1.91. The average Bonchev–Trinajstić information content (AvgIpc) is 2.74. The van der Waals surface area contributed by atoms with Crippen LogP contribution >= 0.6 is 11.3 Å². The van der Waals surface area contributed by atoms with Gasteiger partial charge in [0, 0.05) is 4.88 Å². The Morgan fingerprint density at radius 1 is 1.67 bits per heavy atom. The van der Waals surface area contributed by atoms with Gasteiger partial charge in [0.05, 0.1) is 6.20 Å². The summed E-state index contributed by atoms with van der Waals surface area (Å²) in [6, 6.07) is 5.73. The maximum absolute atomic E-state index is 5.28. The largest absolute Gasteiger partial charge is 0.391 e. The van der Waals surface area contributed by atoms with Crippen LogP contribution in [0.4, 0.5) is 0 Å². The third-order valence-electron chi connectivity index (χ3n) is 1.35. The first-order valence-corrected chi connectivity index (χ1v) is 4.40. The van der Waals surface area contributed by atoms with Crippen molar-refractivity contribution in [1.82, 2.24) is 9.94 Å². The highest BCUT2D eigenvalue weighted by atomic mass is 32.1. The molecule has 3 nitrogen and oxygen atoms in total. The third-order valence-corrected chi connectivity index (χ3v) is 2.20. The van der Waals surface area contributed by atoms with Gasteiger partial charge in [0.25, 0.3) is 0 Å². The third kappa shape index (κ3) is 1.65. The first-order chi connectivity index (χ1) is 5.95. The number of thiophene rings is 1. The van der Waals surface area contributed by atoms with E-state index in [9.17, 15) is 0 Å². The van der Waals surface area contributed by atoms with Crippen LogP contribution < -0.4 is 4.84 Å². The predicted octanol–water partition coefficient (Wildman–Crippen LogP) is 1.37. The van der Waals surface area contributed by atoms with Gasteiger partial charge in [-0.3, -0.25) is 0 Å². The van der Waals surface area contributed by atoms with Crippen molar-refractivity contribution < 1.29 is 4.84 Å². The molecule has 4 heteroatoms. The first kappa shape index (κ1) is 7.36. The Kier molecular flexibility index (Phi) is 2.09. The smallest absolute Gasteiger partial charge is 0.151 e. The molecule has 0 aromatic carbocycles. The Morgan fingerprint density at radius 2 is 2.67 bits per heavy atom. The van der Waals surface area contributed by atoms with Gasteiger partial charge in [-0.25, -0.2) is 0 Å². The van der Waals surface area contributed by atoms with Crippen molar-refractivity contribution in [3.8, 4) is 0 Å². The van der Waals surface area contributed by atoms with Gasteiger partial charge < -0.3 is 4.84 Å². The summed E-state index contributed by atoms with van der Waals surface area (Å²) < 4.78 is 0. The van der Waals surface area contributed by atoms with E-state index in [1.807, 2.05) is 17.5 Å². The average molecular weight is 179 g/mol. The van der Waals surface area contributed by atoms with Gasteiger partial charge in [-0.15, -0.1) is 21.3 Å². The minimum absolute atomic E-state index is 0.563. The number of hydrogen-bond acceptors (Lipinski definition) is 3. The lowest BCUT2D eigenvalue weighted by molar-refractivity contribution is 0.0715. The van der Waals surface area contributed by atoms with Crippen LogP contribution in [-0.2, 0) is 6.61 Å². The quantitative estimate of drug-likeness (QED) is 0.711. The summed E-state index contributed by atoms with van der Waals surface area (Å²) in [5, 5.41) is 5.81. The molecule has 0 atom stereocenters. The minimum Gasteiger partial charge on any atom is -0.391 e. The molecule has 61 valence electrons. The van der Waals surface area contributed by atoms with Gasteiger partial charge in [0.15, 0.2) is 6.61 Å². The summed E-state index contributed by atoms with van der Waals surface area (Å²) in [6.07, 6.45) is 4.37. The lowest BCUT2D eigenvalue weighted by Crippen LogP contribution is -2.10. The van der Waals surface area contributed by atoms with Gasteiger partial charge in [-0.2, -0.15) is 0 Å². The zero-order valence-corrected chi connectivity index (χ0v) is 7.12. The molecule has 0 aliphatic heterocycles. The second kappa shape index (κ2) is 3.40. The van der Waals surface area contributed by atoms with E-state index in [4.69, 9.17) is 4.84 Å². The molecule has 1 radical (unpaired) electrons. The van der Waals surface area contributed by atoms with E-state index >= 15 is 0 Å². The van der Waals surface area contributed by atoms with Crippen molar-refractivity contribution in [3.05, 3.63) is 40.8 Å². The monoisotopic (exact) mass is 179 g/mol. The molecular formula is C8H7N2OS. The van der Waals surface area contributed by atoms with Crippen LogP contribution in [0, 0.1) is 6.20 Å². The molecule has 0 saturated heterocycles. The van der Waals surface area contributed by atoms with E-state index in [2.05, 4.69) is 11.3 Å². The standard InChI is InChI=1S/C8H7N2OS/c1-3-8(12-6-1)7-11-10-5-2-4-9-10/h1-3,5-6H,7H2. The Labute approximate surface area is 74.2 Å². The van der Waals surface area contributed by atoms with E-state index in [0.29, 0.717) is 6.61 Å². The molecule has 0 amide bonds. The van der Waals surface area contributed by atoms with E-state index in [1.165, 1.54) is 9.72 Å². The fraction of sp³-hybridized carbons (Fsp3) is 0.125. The molecule has 2 heterocycles. The van der Waals surface area contributed by atoms with Gasteiger partial charge in [0.2, 0.25) is 0 Å². The highest BCUT2D eigenvalue weighted by Gasteiger charge is 1.94. The summed E-state index contributed by atoms with van der Waals surface area (Å²) in [5.41, 5.74) is 0. The molecule has 2 aromatic rings. The van der Waals surface area contributed by atoms with Gasteiger partial charge in [-0.1, -0.05) is 6.07 Å². The molecule has 0 aliphatic carbocycles. The number of rotatable bonds is 3. The van der Waals surface area contributed by atoms with E-state index < -0.39 is 0 Å². The van der Waals surface area contributed by atoms with Crippen molar-refractivity contribution in [3.63, 3.8) is 0 Å². The van der Waals surface area contributed by atoms with Crippen LogP contribution in [0.2, 0.25) is 0 Å². The number of hydrogen-bond donors (Lipinski definition) is 0. The second-order valence-electron chi connectivity index (χ2n) is 2.20. The molecule has 0 bridgehead atoms. The first-order valence-electron chi connectivity index (χ1n) is 3.52. The molecule has 2 rings (SSSR count). The minimum atomic E-state index is 0.563. The molecule has 0 saturated carbocycles. The zero-order valence-electron chi connectivity index (χ0n) is 6.30. The molecule has 0 fully saturated rings. The lowest BCUT2D eigenvalue weighted by atomic mass is 10.5. The van der Waals surface area contributed by atoms with Crippen LogP contribution in [0.25, 0.3) is 0 Å². The normalized spacial score (nSPS) is 10.0. The molecule has 0 N–H and O–H groups in total. The van der Waals surface area contributed by atoms with Crippen LogP contribution in [0.5, 0.6) is 0 Å². The predicted molar refractivity (Wildman–Crippen MR) is 45.7 cm³/mol. The highest BCUT2D eigenvalue weighted by molar-refractivity contribution is 7.09. The van der Waals surface area contributed by atoms with Crippen molar-refractivity contribution in [2.45, 2.75) is 6.61 Å². The van der Waals surface area contributed by atoms with Crippen LogP contribution in [0.3, 0.4) is 0 Å². The van der Waals surface area contributed by atoms with Gasteiger partial charge in [-0.05, 0) is 17.5 Å². The van der Waals surface area contributed by atoms with E-state index in [0.717, 1.165) is 0 Å². The molecule has 0 spiro atoms. The van der Waals surface area contributed by atoms with E-state index in [1.54, 1.807) is 23.6 Å². The highest BCUT2D eigenvalue weighted by Crippen LogP contribution is 2.07. The molecule has 2 aromatic heterocycles. The van der Waals surface area contributed by atoms with E-state index in [-0.39, 0.29) is 0 Å². The van der Waals surface area contributed by atoms with Crippen molar-refractivity contribution in [2.24, 2.45) is 0 Å². The topological polar surface area (TPSA) is 27.1 Å². The Bertz CT molecular complexity index is 280. The van der Waals surface area contributed by atoms with Crippen LogP contribution in [-0.4, -0.2) is 9.94 Å². The van der Waals surface area contributed by atoms with Crippen LogP contribution in [0.1, 0.15) is 4.88 Å². The van der Waals surface area contributed by atoms with Gasteiger partial charge >= 0.3 is 0 Å². The fourth-order valence-electron chi connectivity index (χ4n) is 0.817. The Hall–Kier alpha value is -1.29. The van der Waals surface area contributed by atoms with Crippen molar-refractivity contribution in [2.75, 3.05) is 0 Å². The maximum atomic E-state index is 5.28.